The molecule has 0 saturated carbocycles. The molecule has 3 heterocycles. The number of hydrogen-bond acceptors (Lipinski definition) is 5. The minimum absolute atomic E-state index is 0.0675. The fourth-order valence-corrected chi connectivity index (χ4v) is 3.23. The van der Waals surface area contributed by atoms with Gasteiger partial charge in [-0.05, 0) is 19.4 Å². The zero-order valence-electron chi connectivity index (χ0n) is 10.6. The van der Waals surface area contributed by atoms with Gasteiger partial charge in [-0.25, -0.2) is 9.97 Å². The van der Waals surface area contributed by atoms with Crippen LogP contribution in [0.25, 0.3) is 0 Å². The average Bonchev–Trinajstić information content (AvgIpc) is 2.92. The molecule has 6 heteroatoms. The Bertz CT molecular complexity index is 580. The minimum Gasteiger partial charge on any atom is -0.313 e. The SMILES string of the molecule is O=c1cc([C@H]2CCCN(Cc3nccs3)C2)nc[nH]1. The summed E-state index contributed by atoms with van der Waals surface area (Å²) in [5.41, 5.74) is 0.842. The second-order valence-corrected chi connectivity index (χ2v) is 5.82. The van der Waals surface area contributed by atoms with E-state index < -0.39 is 0 Å². The lowest BCUT2D eigenvalue weighted by Crippen LogP contribution is -2.34. The third-order valence-electron chi connectivity index (χ3n) is 3.47. The lowest BCUT2D eigenvalue weighted by Gasteiger charge is -2.31. The van der Waals surface area contributed by atoms with Crippen LogP contribution in [0.15, 0.2) is 28.8 Å². The molecule has 1 aliphatic rings. The van der Waals surface area contributed by atoms with E-state index in [9.17, 15) is 4.79 Å². The third kappa shape index (κ3) is 3.08. The van der Waals surface area contributed by atoms with Crippen LogP contribution in [0, 0.1) is 0 Å². The van der Waals surface area contributed by atoms with E-state index in [4.69, 9.17) is 0 Å². The standard InChI is InChI=1S/C13H16N4OS/c18-12-6-11(15-9-16-12)10-2-1-4-17(7-10)8-13-14-3-5-19-13/h3,5-6,9-10H,1-2,4,7-8H2,(H,15,16,18)/t10-/m0/s1. The molecular weight excluding hydrogens is 260 g/mol. The molecule has 0 unspecified atom stereocenters. The number of nitrogens with one attached hydrogen (secondary N) is 1. The predicted octanol–water partition coefficient (Wildman–Crippen LogP) is 1.61. The Labute approximate surface area is 115 Å². The summed E-state index contributed by atoms with van der Waals surface area (Å²) in [6, 6.07) is 1.62. The maximum atomic E-state index is 11.4. The van der Waals surface area contributed by atoms with Crippen LogP contribution < -0.4 is 5.56 Å². The summed E-state index contributed by atoms with van der Waals surface area (Å²) in [7, 11) is 0. The first kappa shape index (κ1) is 12.5. The number of nitrogens with zero attached hydrogens (tertiary/aromatic N) is 3. The van der Waals surface area contributed by atoms with E-state index in [0.29, 0.717) is 5.92 Å². The van der Waals surface area contributed by atoms with Crippen LogP contribution in [-0.2, 0) is 6.54 Å². The number of aromatic nitrogens is 3. The molecule has 2 aromatic rings. The first-order valence-corrected chi connectivity index (χ1v) is 7.34. The van der Waals surface area contributed by atoms with E-state index in [1.807, 2.05) is 11.6 Å². The van der Waals surface area contributed by atoms with Crippen molar-refractivity contribution in [1.29, 1.82) is 0 Å². The quantitative estimate of drug-likeness (QED) is 0.925. The summed E-state index contributed by atoms with van der Waals surface area (Å²) in [6.45, 7) is 2.95. The van der Waals surface area contributed by atoms with Gasteiger partial charge in [0.2, 0.25) is 0 Å². The fraction of sp³-hybridized carbons (Fsp3) is 0.462. The Morgan fingerprint density at radius 2 is 2.42 bits per heavy atom. The Morgan fingerprint density at radius 1 is 1.47 bits per heavy atom. The normalized spacial score (nSPS) is 20.5. The number of rotatable bonds is 3. The minimum atomic E-state index is -0.0675. The molecule has 0 amide bonds. The molecule has 1 saturated heterocycles. The van der Waals surface area contributed by atoms with Crippen LogP contribution in [0.5, 0.6) is 0 Å². The van der Waals surface area contributed by atoms with E-state index in [2.05, 4.69) is 19.9 Å². The molecule has 1 atom stereocenters. The molecule has 0 spiro atoms. The highest BCUT2D eigenvalue weighted by atomic mass is 32.1. The molecule has 5 nitrogen and oxygen atoms in total. The van der Waals surface area contributed by atoms with Gasteiger partial charge in [0, 0.05) is 30.1 Å². The van der Waals surface area contributed by atoms with Gasteiger partial charge in [0.15, 0.2) is 0 Å². The highest BCUT2D eigenvalue weighted by Gasteiger charge is 2.23. The van der Waals surface area contributed by atoms with E-state index in [1.54, 1.807) is 17.4 Å². The van der Waals surface area contributed by atoms with Crippen LogP contribution in [0.4, 0.5) is 0 Å². The predicted molar refractivity (Wildman–Crippen MR) is 74.2 cm³/mol. The smallest absolute Gasteiger partial charge is 0.250 e. The summed E-state index contributed by atoms with van der Waals surface area (Å²) in [5, 5.41) is 3.16. The summed E-state index contributed by atoms with van der Waals surface area (Å²) >= 11 is 1.69. The van der Waals surface area contributed by atoms with Crippen molar-refractivity contribution in [2.75, 3.05) is 13.1 Å². The zero-order chi connectivity index (χ0) is 13.1. The molecule has 1 fully saturated rings. The van der Waals surface area contributed by atoms with Gasteiger partial charge in [0.05, 0.1) is 18.6 Å². The number of likely N-dealkylation sites (tertiary alicyclic amines) is 1. The largest absolute Gasteiger partial charge is 0.313 e. The molecule has 1 aliphatic heterocycles. The van der Waals surface area contributed by atoms with Gasteiger partial charge in [-0.1, -0.05) is 0 Å². The second-order valence-electron chi connectivity index (χ2n) is 4.84. The van der Waals surface area contributed by atoms with Crippen LogP contribution in [0.3, 0.4) is 0 Å². The molecule has 0 bridgehead atoms. The summed E-state index contributed by atoms with van der Waals surface area (Å²) in [4.78, 5) is 24.9. The van der Waals surface area contributed by atoms with Crippen molar-refractivity contribution in [1.82, 2.24) is 19.9 Å². The van der Waals surface area contributed by atoms with Crippen molar-refractivity contribution in [3.8, 4) is 0 Å². The van der Waals surface area contributed by atoms with Crippen molar-refractivity contribution in [2.24, 2.45) is 0 Å². The highest BCUT2D eigenvalue weighted by Crippen LogP contribution is 2.25. The first-order valence-electron chi connectivity index (χ1n) is 6.46. The number of thiazole rings is 1. The Balaban J connectivity index is 1.69. The molecule has 1 N–H and O–H groups in total. The summed E-state index contributed by atoms with van der Waals surface area (Å²) in [6.07, 6.45) is 5.59. The third-order valence-corrected chi connectivity index (χ3v) is 4.23. The number of aromatic amines is 1. The van der Waals surface area contributed by atoms with Gasteiger partial charge in [0.1, 0.15) is 5.01 Å². The summed E-state index contributed by atoms with van der Waals surface area (Å²) in [5.74, 6) is 0.357. The Kier molecular flexibility index (Phi) is 3.70. The molecule has 100 valence electrons. The molecular formula is C13H16N4OS. The van der Waals surface area contributed by atoms with Gasteiger partial charge >= 0.3 is 0 Å². The monoisotopic (exact) mass is 276 g/mol. The van der Waals surface area contributed by atoms with E-state index in [-0.39, 0.29) is 5.56 Å². The maximum Gasteiger partial charge on any atom is 0.250 e. The van der Waals surface area contributed by atoms with Crippen molar-refractivity contribution in [3.05, 3.63) is 45.0 Å². The fourth-order valence-electron chi connectivity index (χ4n) is 2.57. The van der Waals surface area contributed by atoms with Crippen LogP contribution in [0.2, 0.25) is 0 Å². The lowest BCUT2D eigenvalue weighted by atomic mass is 9.94. The van der Waals surface area contributed by atoms with Crippen molar-refractivity contribution in [2.45, 2.75) is 25.3 Å². The molecule has 19 heavy (non-hydrogen) atoms. The van der Waals surface area contributed by atoms with Gasteiger partial charge in [-0.3, -0.25) is 9.69 Å². The average molecular weight is 276 g/mol. The number of hydrogen-bond donors (Lipinski definition) is 1. The summed E-state index contributed by atoms with van der Waals surface area (Å²) < 4.78 is 0. The molecule has 0 aliphatic carbocycles. The van der Waals surface area contributed by atoms with Crippen LogP contribution >= 0.6 is 11.3 Å². The first-order chi connectivity index (χ1) is 9.31. The van der Waals surface area contributed by atoms with E-state index in [1.165, 1.54) is 6.33 Å². The number of H-pyrrole nitrogens is 1. The van der Waals surface area contributed by atoms with E-state index in [0.717, 1.165) is 43.2 Å². The van der Waals surface area contributed by atoms with Gasteiger partial charge in [-0.15, -0.1) is 11.3 Å². The highest BCUT2D eigenvalue weighted by molar-refractivity contribution is 7.09. The van der Waals surface area contributed by atoms with Gasteiger partial charge in [-0.2, -0.15) is 0 Å². The van der Waals surface area contributed by atoms with E-state index >= 15 is 0 Å². The Morgan fingerprint density at radius 3 is 3.21 bits per heavy atom. The lowest BCUT2D eigenvalue weighted by molar-refractivity contribution is 0.198. The van der Waals surface area contributed by atoms with Crippen LogP contribution in [0.1, 0.15) is 29.5 Å². The van der Waals surface area contributed by atoms with Gasteiger partial charge in [0.25, 0.3) is 5.56 Å². The topological polar surface area (TPSA) is 61.9 Å². The second kappa shape index (κ2) is 5.63. The zero-order valence-corrected chi connectivity index (χ0v) is 11.4. The van der Waals surface area contributed by atoms with Gasteiger partial charge < -0.3 is 4.98 Å². The Hall–Kier alpha value is -1.53. The molecule has 3 rings (SSSR count). The van der Waals surface area contributed by atoms with Crippen molar-refractivity contribution < 1.29 is 0 Å². The molecule has 0 aromatic carbocycles. The molecule has 2 aromatic heterocycles. The van der Waals surface area contributed by atoms with Crippen LogP contribution in [-0.4, -0.2) is 32.9 Å². The maximum absolute atomic E-state index is 11.4. The van der Waals surface area contributed by atoms with Crippen molar-refractivity contribution in [3.63, 3.8) is 0 Å². The number of piperidine rings is 1. The molecule has 0 radical (unpaired) electrons. The van der Waals surface area contributed by atoms with Crippen molar-refractivity contribution >= 4 is 11.3 Å².